The van der Waals surface area contributed by atoms with Gasteiger partial charge in [0.15, 0.2) is 0 Å². The van der Waals surface area contributed by atoms with Crippen LogP contribution in [0.3, 0.4) is 0 Å². The first kappa shape index (κ1) is 27.0. The first-order valence-electron chi connectivity index (χ1n) is 10.6. The van der Waals surface area contributed by atoms with E-state index >= 15 is 0 Å². The lowest BCUT2D eigenvalue weighted by Gasteiger charge is -2.29. The predicted molar refractivity (Wildman–Crippen MR) is 114 cm³/mol. The van der Waals surface area contributed by atoms with Gasteiger partial charge in [0, 0.05) is 13.6 Å². The molecule has 0 aromatic rings. The average molecular weight is 458 g/mol. The van der Waals surface area contributed by atoms with Gasteiger partial charge in [-0.3, -0.25) is 19.8 Å². The molecule has 0 aromatic heterocycles. The van der Waals surface area contributed by atoms with Crippen molar-refractivity contribution in [1.82, 2.24) is 26.0 Å². The van der Waals surface area contributed by atoms with Crippen molar-refractivity contribution in [3.63, 3.8) is 0 Å². The van der Waals surface area contributed by atoms with Crippen LogP contribution in [-0.4, -0.2) is 83.7 Å². The van der Waals surface area contributed by atoms with Gasteiger partial charge in [-0.1, -0.05) is 0 Å². The lowest BCUT2D eigenvalue weighted by molar-refractivity contribution is -0.142. The van der Waals surface area contributed by atoms with Gasteiger partial charge >= 0.3 is 12.2 Å². The lowest BCUT2D eigenvalue weighted by Crippen LogP contribution is -2.56. The van der Waals surface area contributed by atoms with Crippen molar-refractivity contribution in [1.29, 1.82) is 0 Å². The lowest BCUT2D eigenvalue weighted by atomic mass is 10.2. The van der Waals surface area contributed by atoms with Crippen molar-refractivity contribution >= 4 is 29.9 Å². The molecule has 0 aliphatic carbocycles. The van der Waals surface area contributed by atoms with Crippen molar-refractivity contribution in [2.75, 3.05) is 20.2 Å². The summed E-state index contributed by atoms with van der Waals surface area (Å²) in [6.07, 6.45) is -0.444. The fourth-order valence-electron chi connectivity index (χ4n) is 3.01. The van der Waals surface area contributed by atoms with E-state index in [1.165, 1.54) is 25.8 Å². The molecule has 5 amide bonds. The van der Waals surface area contributed by atoms with Crippen LogP contribution in [-0.2, 0) is 23.9 Å². The molecule has 1 heterocycles. The van der Waals surface area contributed by atoms with Crippen LogP contribution in [0.1, 0.15) is 54.4 Å². The minimum Gasteiger partial charge on any atom is -0.449 e. The summed E-state index contributed by atoms with van der Waals surface area (Å²) in [7, 11) is 1.35. The number of carbonyl (C=O) groups is 5. The second-order valence-corrected chi connectivity index (χ2v) is 8.52. The summed E-state index contributed by atoms with van der Waals surface area (Å²) >= 11 is 0. The van der Waals surface area contributed by atoms with Crippen LogP contribution in [0.2, 0.25) is 0 Å². The Morgan fingerprint density at radius 2 is 1.72 bits per heavy atom. The van der Waals surface area contributed by atoms with Crippen LogP contribution >= 0.6 is 0 Å². The third-order valence-corrected chi connectivity index (χ3v) is 4.51. The van der Waals surface area contributed by atoms with Gasteiger partial charge in [0.25, 0.3) is 5.91 Å². The van der Waals surface area contributed by atoms with Gasteiger partial charge < -0.3 is 25.0 Å². The Balaban J connectivity index is 2.65. The second kappa shape index (κ2) is 11.5. The molecular weight excluding hydrogens is 422 g/mol. The molecule has 0 aromatic carbocycles. The molecular formula is C20H35N5O7. The summed E-state index contributed by atoms with van der Waals surface area (Å²) in [5, 5.41) is 5.87. The Morgan fingerprint density at radius 1 is 1.09 bits per heavy atom. The first-order chi connectivity index (χ1) is 14.8. The van der Waals surface area contributed by atoms with Gasteiger partial charge in [-0.15, -0.1) is 0 Å². The highest BCUT2D eigenvalue weighted by Gasteiger charge is 2.37. The summed E-state index contributed by atoms with van der Waals surface area (Å²) in [5.74, 6) is -1.54. The van der Waals surface area contributed by atoms with E-state index in [0.29, 0.717) is 19.4 Å². The van der Waals surface area contributed by atoms with Crippen molar-refractivity contribution in [3.8, 4) is 0 Å². The van der Waals surface area contributed by atoms with Gasteiger partial charge in [-0.2, -0.15) is 0 Å². The summed E-state index contributed by atoms with van der Waals surface area (Å²) in [4.78, 5) is 62.7. The van der Waals surface area contributed by atoms with Crippen LogP contribution in [0.25, 0.3) is 0 Å². The monoisotopic (exact) mass is 457 g/mol. The number of hydrogen-bond donors (Lipinski definition) is 3. The fraction of sp³-hybridized carbons (Fsp3) is 0.750. The Labute approximate surface area is 188 Å². The molecule has 32 heavy (non-hydrogen) atoms. The maximum absolute atomic E-state index is 12.9. The van der Waals surface area contributed by atoms with Crippen molar-refractivity contribution in [2.45, 2.75) is 78.1 Å². The Morgan fingerprint density at radius 3 is 2.28 bits per heavy atom. The molecule has 1 fully saturated rings. The summed E-state index contributed by atoms with van der Waals surface area (Å²) in [5.41, 5.74) is 1.69. The maximum atomic E-state index is 12.9. The van der Waals surface area contributed by atoms with Gasteiger partial charge in [-0.05, 0) is 54.4 Å². The highest BCUT2D eigenvalue weighted by atomic mass is 16.6. The van der Waals surface area contributed by atoms with Crippen LogP contribution in [0, 0.1) is 0 Å². The smallest absolute Gasteiger partial charge is 0.428 e. The van der Waals surface area contributed by atoms with Crippen molar-refractivity contribution < 1.29 is 33.4 Å². The third kappa shape index (κ3) is 8.23. The molecule has 1 saturated heterocycles. The zero-order chi connectivity index (χ0) is 24.6. The largest absolute Gasteiger partial charge is 0.449 e. The van der Waals surface area contributed by atoms with Crippen LogP contribution in [0.4, 0.5) is 9.59 Å². The van der Waals surface area contributed by atoms with Crippen LogP contribution in [0.15, 0.2) is 0 Å². The minimum absolute atomic E-state index is 0.158. The van der Waals surface area contributed by atoms with Crippen molar-refractivity contribution in [3.05, 3.63) is 0 Å². The Kier molecular flexibility index (Phi) is 9.73. The molecule has 0 bridgehead atoms. The molecule has 12 nitrogen and oxygen atoms in total. The molecule has 182 valence electrons. The molecule has 12 heteroatoms. The third-order valence-electron chi connectivity index (χ3n) is 4.51. The zero-order valence-electron chi connectivity index (χ0n) is 19.8. The van der Waals surface area contributed by atoms with Gasteiger partial charge in [-0.25, -0.2) is 14.6 Å². The van der Waals surface area contributed by atoms with E-state index < -0.39 is 53.6 Å². The van der Waals surface area contributed by atoms with E-state index in [-0.39, 0.29) is 6.61 Å². The number of hydrazine groups is 1. The number of nitrogens with one attached hydrogen (secondary N) is 3. The summed E-state index contributed by atoms with van der Waals surface area (Å²) in [6, 6.07) is -2.64. The minimum atomic E-state index is -0.934. The fourth-order valence-corrected chi connectivity index (χ4v) is 3.01. The van der Waals surface area contributed by atoms with E-state index in [1.807, 2.05) is 0 Å². The first-order valence-corrected chi connectivity index (χ1v) is 10.6. The highest BCUT2D eigenvalue weighted by Crippen LogP contribution is 2.19. The number of alkyl carbamates (subject to hydrolysis) is 1. The van der Waals surface area contributed by atoms with Gasteiger partial charge in [0.2, 0.25) is 11.8 Å². The number of hydrogen-bond acceptors (Lipinski definition) is 7. The number of carbonyl (C=O) groups excluding carboxylic acids is 5. The Bertz CT molecular complexity index is 722. The van der Waals surface area contributed by atoms with E-state index in [4.69, 9.17) is 9.47 Å². The highest BCUT2D eigenvalue weighted by molar-refractivity contribution is 5.94. The summed E-state index contributed by atoms with van der Waals surface area (Å²) < 4.78 is 9.92. The molecule has 1 aliphatic rings. The molecule has 1 rings (SSSR count). The molecule has 1 aliphatic heterocycles. The number of likely N-dealkylation sites (tertiary alicyclic amines) is 1. The average Bonchev–Trinajstić information content (AvgIpc) is 3.15. The molecule has 3 atom stereocenters. The quantitative estimate of drug-likeness (QED) is 0.493. The predicted octanol–water partition coefficient (Wildman–Crippen LogP) is 0.515. The number of ether oxygens (including phenoxy) is 2. The molecule has 3 N–H and O–H groups in total. The summed E-state index contributed by atoms with van der Waals surface area (Å²) in [6.45, 7) is 10.2. The molecule has 0 saturated carbocycles. The second-order valence-electron chi connectivity index (χ2n) is 8.52. The van der Waals surface area contributed by atoms with E-state index in [9.17, 15) is 24.0 Å². The molecule has 0 unspecified atom stereocenters. The van der Waals surface area contributed by atoms with Crippen LogP contribution < -0.4 is 16.1 Å². The molecule has 0 spiro atoms. The maximum Gasteiger partial charge on any atom is 0.428 e. The van der Waals surface area contributed by atoms with Crippen molar-refractivity contribution in [2.24, 2.45) is 0 Å². The SMILES string of the molecule is CCOC(=O)N(C)NC(=O)[C@@H]1CCCN1C(=O)[C@H](C)NC(=O)[C@H](C)NC(=O)OC(C)(C)C. The number of rotatable bonds is 6. The zero-order valence-corrected chi connectivity index (χ0v) is 19.8. The van der Waals surface area contributed by atoms with Gasteiger partial charge in [0.05, 0.1) is 6.61 Å². The molecule has 0 radical (unpaired) electrons. The van der Waals surface area contributed by atoms with Gasteiger partial charge in [0.1, 0.15) is 23.7 Å². The number of nitrogens with zero attached hydrogens (tertiary/aromatic N) is 2. The van der Waals surface area contributed by atoms with E-state index in [2.05, 4.69) is 16.1 Å². The normalized spacial score (nSPS) is 17.6. The Hall–Kier alpha value is -3.05. The topological polar surface area (TPSA) is 146 Å². The van der Waals surface area contributed by atoms with E-state index in [1.54, 1.807) is 27.7 Å². The van der Waals surface area contributed by atoms with E-state index in [0.717, 1.165) is 5.01 Å². The number of amides is 5. The van der Waals surface area contributed by atoms with Crippen LogP contribution in [0.5, 0.6) is 0 Å². The standard InChI is InChI=1S/C20H35N5O7/c1-8-31-19(30)24(7)23-16(27)14-10-9-11-25(14)17(28)13(3)21-15(26)12(2)22-18(29)32-20(4,5)6/h12-14H,8-11H2,1-7H3,(H,21,26)(H,22,29)(H,23,27)/t12-,13-,14-/m0/s1.